The molecular formula is C16H21N3O2. The number of hydrogen-bond donors (Lipinski definition) is 1. The van der Waals surface area contributed by atoms with Gasteiger partial charge in [0.2, 0.25) is 0 Å². The van der Waals surface area contributed by atoms with E-state index < -0.39 is 0 Å². The number of aromatic amines is 1. The zero-order valence-electron chi connectivity index (χ0n) is 12.5. The fourth-order valence-electron chi connectivity index (χ4n) is 2.79. The van der Waals surface area contributed by atoms with E-state index >= 15 is 0 Å². The van der Waals surface area contributed by atoms with Crippen molar-refractivity contribution < 1.29 is 4.74 Å². The van der Waals surface area contributed by atoms with Gasteiger partial charge in [-0.05, 0) is 26.0 Å². The van der Waals surface area contributed by atoms with Crippen LogP contribution in [0, 0.1) is 0 Å². The van der Waals surface area contributed by atoms with Gasteiger partial charge in [0.1, 0.15) is 5.82 Å². The summed E-state index contributed by atoms with van der Waals surface area (Å²) in [6, 6.07) is 7.86. The maximum atomic E-state index is 12.0. The summed E-state index contributed by atoms with van der Waals surface area (Å²) in [5, 5.41) is 0.648. The lowest BCUT2D eigenvalue weighted by atomic mass is 10.2. The molecule has 3 rings (SSSR count). The highest BCUT2D eigenvalue weighted by Crippen LogP contribution is 2.12. The second-order valence-electron chi connectivity index (χ2n) is 5.77. The fraction of sp³-hybridized carbons (Fsp3) is 0.500. The average Bonchev–Trinajstić information content (AvgIpc) is 2.48. The molecule has 1 aromatic heterocycles. The van der Waals surface area contributed by atoms with Crippen molar-refractivity contribution in [3.05, 3.63) is 40.4 Å². The Labute approximate surface area is 124 Å². The van der Waals surface area contributed by atoms with Gasteiger partial charge in [0.05, 0.1) is 23.6 Å². The zero-order chi connectivity index (χ0) is 14.8. The van der Waals surface area contributed by atoms with Crippen LogP contribution in [0.15, 0.2) is 29.1 Å². The van der Waals surface area contributed by atoms with Crippen molar-refractivity contribution in [2.75, 3.05) is 19.7 Å². The second kappa shape index (κ2) is 5.95. The third kappa shape index (κ3) is 3.14. The van der Waals surface area contributed by atoms with Crippen LogP contribution in [0.3, 0.4) is 0 Å². The van der Waals surface area contributed by atoms with Crippen LogP contribution in [0.4, 0.5) is 0 Å². The van der Waals surface area contributed by atoms with Gasteiger partial charge in [-0.1, -0.05) is 12.1 Å². The number of rotatable bonds is 3. The first-order valence-corrected chi connectivity index (χ1v) is 7.47. The summed E-state index contributed by atoms with van der Waals surface area (Å²) in [6.45, 7) is 6.84. The van der Waals surface area contributed by atoms with Crippen LogP contribution in [-0.4, -0.2) is 46.7 Å². The largest absolute Gasteiger partial charge is 0.376 e. The summed E-state index contributed by atoms with van der Waals surface area (Å²) in [6.07, 6.45) is 1.02. The maximum absolute atomic E-state index is 12.0. The number of H-pyrrole nitrogens is 1. The molecule has 2 atom stereocenters. The molecule has 1 N–H and O–H groups in total. The Kier molecular flexibility index (Phi) is 4.03. The molecule has 21 heavy (non-hydrogen) atoms. The number of hydrogen-bond acceptors (Lipinski definition) is 4. The molecule has 112 valence electrons. The Morgan fingerprint density at radius 2 is 2.19 bits per heavy atom. The minimum atomic E-state index is -0.0565. The van der Waals surface area contributed by atoms with Crippen molar-refractivity contribution in [2.24, 2.45) is 0 Å². The van der Waals surface area contributed by atoms with E-state index in [1.54, 1.807) is 6.07 Å². The molecule has 0 radical (unpaired) electrons. The Morgan fingerprint density at radius 1 is 1.38 bits per heavy atom. The number of benzene rings is 1. The summed E-state index contributed by atoms with van der Waals surface area (Å²) in [5.41, 5.74) is 0.707. The average molecular weight is 287 g/mol. The van der Waals surface area contributed by atoms with Crippen molar-refractivity contribution in [2.45, 2.75) is 32.4 Å². The van der Waals surface area contributed by atoms with Crippen LogP contribution in [-0.2, 0) is 11.2 Å². The van der Waals surface area contributed by atoms with E-state index in [4.69, 9.17) is 4.74 Å². The van der Waals surface area contributed by atoms with Gasteiger partial charge in [0.25, 0.3) is 5.56 Å². The Morgan fingerprint density at radius 3 is 3.05 bits per heavy atom. The SMILES string of the molecule is C[C@@H]1CN(CCc2nc3ccccc3c(=O)[nH]2)[C@@H](C)CO1. The summed E-state index contributed by atoms with van der Waals surface area (Å²) < 4.78 is 5.63. The minimum absolute atomic E-state index is 0.0565. The summed E-state index contributed by atoms with van der Waals surface area (Å²) in [4.78, 5) is 21.9. The molecular weight excluding hydrogens is 266 g/mol. The number of aromatic nitrogens is 2. The van der Waals surface area contributed by atoms with E-state index in [-0.39, 0.29) is 11.7 Å². The Bertz CT molecular complexity index is 683. The van der Waals surface area contributed by atoms with Crippen LogP contribution in [0.2, 0.25) is 0 Å². The van der Waals surface area contributed by atoms with Crippen LogP contribution in [0.5, 0.6) is 0 Å². The van der Waals surface area contributed by atoms with Crippen LogP contribution < -0.4 is 5.56 Å². The Balaban J connectivity index is 1.74. The van der Waals surface area contributed by atoms with E-state index in [0.717, 1.165) is 37.5 Å². The molecule has 1 fully saturated rings. The van der Waals surface area contributed by atoms with E-state index in [0.29, 0.717) is 11.4 Å². The number of nitrogens with zero attached hydrogens (tertiary/aromatic N) is 2. The normalized spacial score (nSPS) is 23.5. The zero-order valence-corrected chi connectivity index (χ0v) is 12.5. The summed E-state index contributed by atoms with van der Waals surface area (Å²) in [5.74, 6) is 0.755. The van der Waals surface area contributed by atoms with Crippen LogP contribution >= 0.6 is 0 Å². The number of fused-ring (bicyclic) bond motifs is 1. The molecule has 5 nitrogen and oxygen atoms in total. The number of morpholine rings is 1. The molecule has 1 aliphatic heterocycles. The predicted molar refractivity (Wildman–Crippen MR) is 82.5 cm³/mol. The standard InChI is InChI=1S/C16H21N3O2/c1-11-10-21-12(2)9-19(11)8-7-15-17-14-6-4-3-5-13(14)16(20)18-15/h3-6,11-12H,7-10H2,1-2H3,(H,17,18,20)/t11-,12+/m0/s1. The van der Waals surface area contributed by atoms with Gasteiger partial charge in [-0.15, -0.1) is 0 Å². The molecule has 0 spiro atoms. The first kappa shape index (κ1) is 14.2. The van der Waals surface area contributed by atoms with Gasteiger partial charge >= 0.3 is 0 Å². The maximum Gasteiger partial charge on any atom is 0.258 e. The Hall–Kier alpha value is -1.72. The lowest BCUT2D eigenvalue weighted by molar-refractivity contribution is -0.0488. The molecule has 2 aromatic rings. The molecule has 0 amide bonds. The quantitative estimate of drug-likeness (QED) is 0.931. The van der Waals surface area contributed by atoms with Crippen LogP contribution in [0.1, 0.15) is 19.7 Å². The van der Waals surface area contributed by atoms with Gasteiger partial charge < -0.3 is 9.72 Å². The summed E-state index contributed by atoms with van der Waals surface area (Å²) in [7, 11) is 0. The smallest absolute Gasteiger partial charge is 0.258 e. The fourth-order valence-corrected chi connectivity index (χ4v) is 2.79. The van der Waals surface area contributed by atoms with Crippen LogP contribution in [0.25, 0.3) is 10.9 Å². The summed E-state index contributed by atoms with van der Waals surface area (Å²) >= 11 is 0. The molecule has 0 unspecified atom stereocenters. The molecule has 1 aromatic carbocycles. The van der Waals surface area contributed by atoms with E-state index in [1.807, 2.05) is 18.2 Å². The first-order valence-electron chi connectivity index (χ1n) is 7.47. The number of ether oxygens (including phenoxy) is 1. The van der Waals surface area contributed by atoms with Crippen molar-refractivity contribution >= 4 is 10.9 Å². The molecule has 5 heteroatoms. The van der Waals surface area contributed by atoms with Crippen molar-refractivity contribution in [3.63, 3.8) is 0 Å². The van der Waals surface area contributed by atoms with Crippen molar-refractivity contribution in [3.8, 4) is 0 Å². The highest BCUT2D eigenvalue weighted by atomic mass is 16.5. The van der Waals surface area contributed by atoms with E-state index in [1.165, 1.54) is 0 Å². The first-order chi connectivity index (χ1) is 10.1. The second-order valence-corrected chi connectivity index (χ2v) is 5.77. The minimum Gasteiger partial charge on any atom is -0.376 e. The molecule has 2 heterocycles. The van der Waals surface area contributed by atoms with Gasteiger partial charge in [-0.25, -0.2) is 4.98 Å². The molecule has 0 aliphatic carbocycles. The third-order valence-corrected chi connectivity index (χ3v) is 4.03. The van der Waals surface area contributed by atoms with Gasteiger partial charge in [-0.3, -0.25) is 9.69 Å². The molecule has 0 bridgehead atoms. The van der Waals surface area contributed by atoms with Gasteiger partial charge in [0, 0.05) is 25.6 Å². The van der Waals surface area contributed by atoms with E-state index in [2.05, 4.69) is 28.7 Å². The van der Waals surface area contributed by atoms with Crippen molar-refractivity contribution in [1.82, 2.24) is 14.9 Å². The number of para-hydroxylation sites is 1. The predicted octanol–water partition coefficient (Wildman–Crippen LogP) is 1.57. The monoisotopic (exact) mass is 287 g/mol. The van der Waals surface area contributed by atoms with Gasteiger partial charge in [-0.2, -0.15) is 0 Å². The van der Waals surface area contributed by atoms with Crippen molar-refractivity contribution in [1.29, 1.82) is 0 Å². The lowest BCUT2D eigenvalue weighted by Gasteiger charge is -2.36. The number of nitrogens with one attached hydrogen (secondary N) is 1. The highest BCUT2D eigenvalue weighted by Gasteiger charge is 2.23. The topological polar surface area (TPSA) is 58.2 Å². The molecule has 0 saturated carbocycles. The molecule has 1 saturated heterocycles. The lowest BCUT2D eigenvalue weighted by Crippen LogP contribution is -2.48. The van der Waals surface area contributed by atoms with Gasteiger partial charge in [0.15, 0.2) is 0 Å². The highest BCUT2D eigenvalue weighted by molar-refractivity contribution is 5.77. The molecule has 1 aliphatic rings. The van der Waals surface area contributed by atoms with E-state index in [9.17, 15) is 4.79 Å². The third-order valence-electron chi connectivity index (χ3n) is 4.03.